The van der Waals surface area contributed by atoms with Gasteiger partial charge < -0.3 is 0 Å². The molecule has 0 amide bonds. The normalized spacial score (nSPS) is 10.8. The molecule has 0 rings (SSSR count). The van der Waals surface area contributed by atoms with Crippen LogP contribution in [0.15, 0.2) is 28.5 Å². The molecule has 2 nitrogen and oxygen atoms in total. The summed E-state index contributed by atoms with van der Waals surface area (Å²) >= 11 is 0. The number of allylic oxidation sites excluding steroid dienone is 4. The maximum absolute atomic E-state index is 6.58. The van der Waals surface area contributed by atoms with Gasteiger partial charge in [0.2, 0.25) is 0 Å². The zero-order valence-electron chi connectivity index (χ0n) is 6.10. The molecule has 0 radical (unpaired) electrons. The van der Waals surface area contributed by atoms with E-state index in [1.807, 2.05) is 26.0 Å². The highest BCUT2D eigenvalue weighted by molar-refractivity contribution is 5.12. The van der Waals surface area contributed by atoms with Gasteiger partial charge in [0.1, 0.15) is 0 Å². The summed E-state index contributed by atoms with van der Waals surface area (Å²) in [6.45, 7) is 5.81. The Balaban J connectivity index is 3.98. The van der Waals surface area contributed by atoms with E-state index >= 15 is 0 Å². The van der Waals surface area contributed by atoms with Crippen LogP contribution in [-0.4, -0.2) is 0 Å². The average Bonchev–Trinajstić information content (AvgIpc) is 1.83. The maximum atomic E-state index is 6.58. The van der Waals surface area contributed by atoms with Crippen molar-refractivity contribution >= 4 is 0 Å². The molecule has 0 saturated carbocycles. The lowest BCUT2D eigenvalue weighted by molar-refractivity contribution is 1.06. The quantitative estimate of drug-likeness (QED) is 0.434. The highest BCUT2D eigenvalue weighted by atomic mass is 15.0. The summed E-state index contributed by atoms with van der Waals surface area (Å²) in [4.78, 5) is 0. The molecule has 0 unspecified atom stereocenters. The van der Waals surface area contributed by atoms with Crippen LogP contribution in [0.3, 0.4) is 0 Å². The summed E-state index contributed by atoms with van der Waals surface area (Å²) in [7, 11) is 0. The lowest BCUT2D eigenvalue weighted by atomic mass is 10.3. The SMILES string of the molecule is CC(C)=C/C=C(/C)N=N. The van der Waals surface area contributed by atoms with Gasteiger partial charge in [-0.15, -0.1) is 0 Å². The van der Waals surface area contributed by atoms with Crippen molar-refractivity contribution in [3.05, 3.63) is 23.4 Å². The van der Waals surface area contributed by atoms with Gasteiger partial charge in [0.15, 0.2) is 0 Å². The first-order chi connectivity index (χ1) is 4.16. The first-order valence-electron chi connectivity index (χ1n) is 2.86. The number of nitrogens with zero attached hydrogens (tertiary/aromatic N) is 1. The van der Waals surface area contributed by atoms with Crippen LogP contribution in [0.1, 0.15) is 20.8 Å². The molecule has 0 aromatic rings. The van der Waals surface area contributed by atoms with Crippen molar-refractivity contribution in [3.63, 3.8) is 0 Å². The number of rotatable bonds is 2. The van der Waals surface area contributed by atoms with E-state index in [-0.39, 0.29) is 0 Å². The van der Waals surface area contributed by atoms with Crippen molar-refractivity contribution in [2.75, 3.05) is 0 Å². The zero-order chi connectivity index (χ0) is 7.28. The minimum atomic E-state index is 0.733. The monoisotopic (exact) mass is 124 g/mol. The Hall–Kier alpha value is -0.920. The van der Waals surface area contributed by atoms with E-state index < -0.39 is 0 Å². The molecule has 0 fully saturated rings. The first-order valence-corrected chi connectivity index (χ1v) is 2.86. The van der Waals surface area contributed by atoms with Crippen LogP contribution < -0.4 is 0 Å². The van der Waals surface area contributed by atoms with Gasteiger partial charge in [0.05, 0.1) is 5.70 Å². The van der Waals surface area contributed by atoms with Gasteiger partial charge in [-0.05, 0) is 26.8 Å². The molecule has 0 heterocycles. The molecule has 0 spiro atoms. The third-order valence-corrected chi connectivity index (χ3v) is 0.834. The van der Waals surface area contributed by atoms with Crippen molar-refractivity contribution in [3.8, 4) is 0 Å². The summed E-state index contributed by atoms with van der Waals surface area (Å²) in [5.74, 6) is 0. The van der Waals surface area contributed by atoms with Gasteiger partial charge in [-0.3, -0.25) is 0 Å². The third kappa shape index (κ3) is 4.94. The molecule has 0 aliphatic rings. The molecular formula is C7H12N2. The Morgan fingerprint density at radius 3 is 2.11 bits per heavy atom. The van der Waals surface area contributed by atoms with Crippen molar-refractivity contribution in [2.24, 2.45) is 5.11 Å². The van der Waals surface area contributed by atoms with Gasteiger partial charge in [0, 0.05) is 0 Å². The Morgan fingerprint density at radius 1 is 1.22 bits per heavy atom. The lowest BCUT2D eigenvalue weighted by Gasteiger charge is -1.84. The molecule has 0 aromatic carbocycles. The molecule has 0 aromatic heterocycles. The second-order valence-corrected chi connectivity index (χ2v) is 2.16. The molecule has 0 bridgehead atoms. The summed E-state index contributed by atoms with van der Waals surface area (Å²) < 4.78 is 0. The van der Waals surface area contributed by atoms with Crippen LogP contribution in [0.2, 0.25) is 0 Å². The molecule has 0 aliphatic heterocycles. The van der Waals surface area contributed by atoms with E-state index in [0.29, 0.717) is 0 Å². The minimum Gasteiger partial charge on any atom is -0.205 e. The molecule has 9 heavy (non-hydrogen) atoms. The van der Waals surface area contributed by atoms with Gasteiger partial charge >= 0.3 is 0 Å². The molecule has 1 N–H and O–H groups in total. The third-order valence-electron chi connectivity index (χ3n) is 0.834. The van der Waals surface area contributed by atoms with Crippen LogP contribution in [0.25, 0.3) is 0 Å². The van der Waals surface area contributed by atoms with Crippen molar-refractivity contribution in [2.45, 2.75) is 20.8 Å². The molecule has 50 valence electrons. The predicted octanol–water partition coefficient (Wildman–Crippen LogP) is 2.89. The lowest BCUT2D eigenvalue weighted by Crippen LogP contribution is -1.64. The highest BCUT2D eigenvalue weighted by Gasteiger charge is 1.77. The van der Waals surface area contributed by atoms with E-state index in [1.165, 1.54) is 5.57 Å². The van der Waals surface area contributed by atoms with Crippen molar-refractivity contribution in [1.82, 2.24) is 0 Å². The highest BCUT2D eigenvalue weighted by Crippen LogP contribution is 1.96. The van der Waals surface area contributed by atoms with Gasteiger partial charge in [-0.25, -0.2) is 5.53 Å². The van der Waals surface area contributed by atoms with Crippen LogP contribution in [0.5, 0.6) is 0 Å². The van der Waals surface area contributed by atoms with E-state index in [4.69, 9.17) is 5.53 Å². The largest absolute Gasteiger partial charge is 0.205 e. The van der Waals surface area contributed by atoms with Crippen LogP contribution in [0, 0.1) is 5.53 Å². The summed E-state index contributed by atoms with van der Waals surface area (Å²) in [5.41, 5.74) is 8.53. The van der Waals surface area contributed by atoms with Gasteiger partial charge in [0.25, 0.3) is 0 Å². The standard InChI is InChI=1S/C7H12N2/c1-6(2)4-5-7(3)9-8/h4-5,8H,1-3H3/b7-5-,9-8?. The summed E-state index contributed by atoms with van der Waals surface area (Å²) in [6, 6.07) is 0. The van der Waals surface area contributed by atoms with Crippen molar-refractivity contribution in [1.29, 1.82) is 5.53 Å². The van der Waals surface area contributed by atoms with Crippen LogP contribution in [0.4, 0.5) is 0 Å². The first kappa shape index (κ1) is 8.08. The number of hydrogen-bond acceptors (Lipinski definition) is 2. The van der Waals surface area contributed by atoms with Gasteiger partial charge in [-0.1, -0.05) is 11.6 Å². The fourth-order valence-corrected chi connectivity index (χ4v) is 0.325. The molecule has 2 heteroatoms. The molecular weight excluding hydrogens is 112 g/mol. The smallest absolute Gasteiger partial charge is 0.0592 e. The fraction of sp³-hybridized carbons (Fsp3) is 0.429. The van der Waals surface area contributed by atoms with Gasteiger partial charge in [-0.2, -0.15) is 5.11 Å². The van der Waals surface area contributed by atoms with E-state index in [2.05, 4.69) is 5.11 Å². The topological polar surface area (TPSA) is 36.2 Å². The number of hydrogen-bond donors (Lipinski definition) is 1. The average molecular weight is 124 g/mol. The van der Waals surface area contributed by atoms with E-state index in [9.17, 15) is 0 Å². The van der Waals surface area contributed by atoms with E-state index in [1.54, 1.807) is 6.92 Å². The zero-order valence-corrected chi connectivity index (χ0v) is 6.10. The Bertz CT molecular complexity index is 150. The second kappa shape index (κ2) is 4.01. The Kier molecular flexibility index (Phi) is 3.60. The minimum absolute atomic E-state index is 0.733. The Labute approximate surface area is 55.8 Å². The number of nitrogens with one attached hydrogen (secondary N) is 1. The predicted molar refractivity (Wildman–Crippen MR) is 38.3 cm³/mol. The summed E-state index contributed by atoms with van der Waals surface area (Å²) in [5, 5.41) is 3.23. The van der Waals surface area contributed by atoms with Crippen molar-refractivity contribution < 1.29 is 0 Å². The Morgan fingerprint density at radius 2 is 1.78 bits per heavy atom. The molecule has 0 atom stereocenters. The summed E-state index contributed by atoms with van der Waals surface area (Å²) in [6.07, 6.45) is 3.76. The van der Waals surface area contributed by atoms with E-state index in [0.717, 1.165) is 5.70 Å². The second-order valence-electron chi connectivity index (χ2n) is 2.16. The molecule has 0 saturated heterocycles. The fourth-order valence-electron chi connectivity index (χ4n) is 0.325. The van der Waals surface area contributed by atoms with Crippen LogP contribution in [-0.2, 0) is 0 Å². The van der Waals surface area contributed by atoms with Crippen LogP contribution >= 0.6 is 0 Å². The maximum Gasteiger partial charge on any atom is 0.0592 e. The molecule has 0 aliphatic carbocycles.